The van der Waals surface area contributed by atoms with Crippen molar-refractivity contribution < 1.29 is 9.53 Å². The summed E-state index contributed by atoms with van der Waals surface area (Å²) in [5.41, 5.74) is 2.88. The molecule has 8 heteroatoms. The molecule has 1 aromatic rings. The first kappa shape index (κ1) is 19.7. The van der Waals surface area contributed by atoms with Gasteiger partial charge in [0.15, 0.2) is 11.5 Å². The van der Waals surface area contributed by atoms with Gasteiger partial charge >= 0.3 is 11.7 Å². The van der Waals surface area contributed by atoms with Gasteiger partial charge in [-0.2, -0.15) is 4.98 Å². The number of benzene rings is 1. The number of aryl methyl sites for hydroxylation is 3. The molecule has 0 aliphatic carbocycles. The van der Waals surface area contributed by atoms with Crippen molar-refractivity contribution in [3.8, 4) is 11.5 Å². The average molecular weight is 384 g/mol. The Balaban J connectivity index is 2.04. The fourth-order valence-electron chi connectivity index (χ4n) is 3.16. The zero-order valence-corrected chi connectivity index (χ0v) is 16.6. The van der Waals surface area contributed by atoms with Crippen LogP contribution in [0.3, 0.4) is 0 Å². The van der Waals surface area contributed by atoms with Crippen LogP contribution in [-0.2, 0) is 23.1 Å². The molecule has 0 saturated heterocycles. The minimum absolute atomic E-state index is 0.192. The number of hydrogen-bond acceptors (Lipinski definition) is 6. The van der Waals surface area contributed by atoms with Gasteiger partial charge in [0.2, 0.25) is 0 Å². The lowest BCUT2D eigenvalue weighted by molar-refractivity contribution is -0.141. The molecule has 0 fully saturated rings. The van der Waals surface area contributed by atoms with Crippen LogP contribution in [-0.4, -0.2) is 31.7 Å². The van der Waals surface area contributed by atoms with E-state index in [2.05, 4.69) is 9.97 Å². The number of hydrogen-bond donors (Lipinski definition) is 0. The van der Waals surface area contributed by atoms with Crippen molar-refractivity contribution in [2.24, 2.45) is 7.05 Å². The van der Waals surface area contributed by atoms with Crippen LogP contribution in [0.1, 0.15) is 37.3 Å². The van der Waals surface area contributed by atoms with Gasteiger partial charge < -0.3 is 9.30 Å². The highest BCUT2D eigenvalue weighted by Crippen LogP contribution is 2.24. The summed E-state index contributed by atoms with van der Waals surface area (Å²) in [6, 6.07) is 3.96. The standard InChI is InChI=1S/C20H24N4O4/c1-12-10-15-16(11-13(12)2)24(8-6-5-7-9-28-14(3)25)18-17(21-15)19(26)23(4)20(27)22-18/h10-11H,5-9H2,1-4H3. The molecule has 1 aromatic carbocycles. The molecule has 0 atom stereocenters. The van der Waals surface area contributed by atoms with Gasteiger partial charge in [-0.1, -0.05) is 0 Å². The molecule has 148 valence electrons. The minimum Gasteiger partial charge on any atom is -0.466 e. The second kappa shape index (κ2) is 7.92. The van der Waals surface area contributed by atoms with Crippen molar-refractivity contribution in [3.63, 3.8) is 0 Å². The SMILES string of the molecule is CC(=O)OCCCCCn1c2nc(=O)n(C)c(=O)c-2nc2cc(C)c(C)cc21. The monoisotopic (exact) mass is 384 g/mol. The van der Waals surface area contributed by atoms with E-state index in [0.29, 0.717) is 24.5 Å². The molecule has 0 saturated carbocycles. The highest BCUT2D eigenvalue weighted by atomic mass is 16.5. The van der Waals surface area contributed by atoms with Crippen LogP contribution in [0.2, 0.25) is 0 Å². The molecule has 28 heavy (non-hydrogen) atoms. The third kappa shape index (κ3) is 3.81. The fourth-order valence-corrected chi connectivity index (χ4v) is 3.16. The van der Waals surface area contributed by atoms with E-state index in [0.717, 1.165) is 40.5 Å². The van der Waals surface area contributed by atoms with Gasteiger partial charge in [0.05, 0.1) is 17.6 Å². The summed E-state index contributed by atoms with van der Waals surface area (Å²) in [4.78, 5) is 44.1. The zero-order chi connectivity index (χ0) is 20.4. The summed E-state index contributed by atoms with van der Waals surface area (Å²) in [7, 11) is 1.41. The van der Waals surface area contributed by atoms with Crippen LogP contribution >= 0.6 is 0 Å². The van der Waals surface area contributed by atoms with E-state index < -0.39 is 11.2 Å². The molecular formula is C20H24N4O4. The Morgan fingerprint density at radius 2 is 1.79 bits per heavy atom. The van der Waals surface area contributed by atoms with Gasteiger partial charge in [-0.05, 0) is 56.4 Å². The predicted octanol–water partition coefficient (Wildman–Crippen LogP) is 1.95. The highest BCUT2D eigenvalue weighted by Gasteiger charge is 2.20. The van der Waals surface area contributed by atoms with Gasteiger partial charge in [-0.15, -0.1) is 0 Å². The molecule has 2 heterocycles. The van der Waals surface area contributed by atoms with Gasteiger partial charge in [0.1, 0.15) is 0 Å². The Labute approximate surface area is 162 Å². The third-order valence-electron chi connectivity index (χ3n) is 4.91. The third-order valence-corrected chi connectivity index (χ3v) is 4.91. The quantitative estimate of drug-likeness (QED) is 0.366. The van der Waals surface area contributed by atoms with Crippen LogP contribution < -0.4 is 11.2 Å². The summed E-state index contributed by atoms with van der Waals surface area (Å²) < 4.78 is 7.83. The maximum Gasteiger partial charge on any atom is 0.352 e. The summed E-state index contributed by atoms with van der Waals surface area (Å²) in [5, 5.41) is 0. The number of fused-ring (bicyclic) bond motifs is 2. The van der Waals surface area contributed by atoms with Crippen molar-refractivity contribution in [2.75, 3.05) is 6.61 Å². The Hall–Kier alpha value is -3.03. The normalized spacial score (nSPS) is 11.3. The van der Waals surface area contributed by atoms with E-state index in [1.807, 2.05) is 30.5 Å². The second-order valence-electron chi connectivity index (χ2n) is 7.02. The van der Waals surface area contributed by atoms with E-state index in [9.17, 15) is 14.4 Å². The smallest absolute Gasteiger partial charge is 0.352 e. The summed E-state index contributed by atoms with van der Waals surface area (Å²) in [5.74, 6) is 0.0261. The van der Waals surface area contributed by atoms with Gasteiger partial charge in [0, 0.05) is 20.5 Å². The largest absolute Gasteiger partial charge is 0.466 e. The molecule has 0 bridgehead atoms. The molecule has 0 N–H and O–H groups in total. The van der Waals surface area contributed by atoms with Crippen molar-refractivity contribution in [1.29, 1.82) is 0 Å². The average Bonchev–Trinajstić information content (AvgIpc) is 2.64. The van der Waals surface area contributed by atoms with E-state index in [-0.39, 0.29) is 11.7 Å². The highest BCUT2D eigenvalue weighted by molar-refractivity contribution is 5.81. The summed E-state index contributed by atoms with van der Waals surface area (Å²) in [6.07, 6.45) is 2.38. The number of ether oxygens (including phenoxy) is 1. The van der Waals surface area contributed by atoms with Crippen molar-refractivity contribution in [2.45, 2.75) is 46.6 Å². The number of unbranched alkanes of at least 4 members (excludes halogenated alkanes) is 2. The van der Waals surface area contributed by atoms with E-state index in [4.69, 9.17) is 4.74 Å². The van der Waals surface area contributed by atoms with Gasteiger partial charge in [-0.25, -0.2) is 9.78 Å². The topological polar surface area (TPSA) is 96.1 Å². The minimum atomic E-state index is -0.592. The molecule has 8 nitrogen and oxygen atoms in total. The maximum atomic E-state index is 12.6. The van der Waals surface area contributed by atoms with Crippen molar-refractivity contribution >= 4 is 17.0 Å². The van der Waals surface area contributed by atoms with E-state index in [1.165, 1.54) is 14.0 Å². The van der Waals surface area contributed by atoms with Crippen molar-refractivity contribution in [3.05, 3.63) is 44.1 Å². The number of rotatable bonds is 6. The molecule has 0 radical (unpaired) electrons. The first-order chi connectivity index (χ1) is 13.3. The molecule has 0 spiro atoms. The summed E-state index contributed by atoms with van der Waals surface area (Å²) >= 11 is 0. The number of esters is 1. The van der Waals surface area contributed by atoms with Crippen LogP contribution in [0.15, 0.2) is 21.7 Å². The van der Waals surface area contributed by atoms with Crippen molar-refractivity contribution in [1.82, 2.24) is 19.1 Å². The molecular weight excluding hydrogens is 360 g/mol. The Morgan fingerprint density at radius 1 is 1.07 bits per heavy atom. The Kier molecular flexibility index (Phi) is 5.58. The van der Waals surface area contributed by atoms with Crippen LogP contribution in [0.4, 0.5) is 0 Å². The first-order valence-electron chi connectivity index (χ1n) is 9.31. The van der Waals surface area contributed by atoms with Gasteiger partial charge in [0.25, 0.3) is 5.56 Å². The first-order valence-corrected chi connectivity index (χ1v) is 9.31. The lowest BCUT2D eigenvalue weighted by Crippen LogP contribution is -2.36. The fraction of sp³-hybridized carbons (Fsp3) is 0.450. The summed E-state index contributed by atoms with van der Waals surface area (Å²) in [6.45, 7) is 6.37. The molecule has 0 aromatic heterocycles. The Morgan fingerprint density at radius 3 is 2.50 bits per heavy atom. The lowest BCUT2D eigenvalue weighted by atomic mass is 10.1. The molecule has 0 amide bonds. The number of nitrogens with zero attached hydrogens (tertiary/aromatic N) is 4. The Bertz CT molecular complexity index is 1130. The molecule has 3 rings (SSSR count). The zero-order valence-electron chi connectivity index (χ0n) is 16.6. The number of aromatic nitrogens is 4. The maximum absolute atomic E-state index is 12.6. The van der Waals surface area contributed by atoms with Crippen LogP contribution in [0.5, 0.6) is 0 Å². The number of carbonyl (C=O) groups is 1. The molecule has 2 aliphatic heterocycles. The molecule has 2 aliphatic rings. The van der Waals surface area contributed by atoms with E-state index >= 15 is 0 Å². The molecule has 0 unspecified atom stereocenters. The van der Waals surface area contributed by atoms with E-state index in [1.54, 1.807) is 0 Å². The van der Waals surface area contributed by atoms with Crippen LogP contribution in [0.25, 0.3) is 22.6 Å². The number of carbonyl (C=O) groups excluding carboxylic acids is 1. The van der Waals surface area contributed by atoms with Gasteiger partial charge in [-0.3, -0.25) is 14.2 Å². The predicted molar refractivity (Wildman–Crippen MR) is 106 cm³/mol. The van der Waals surface area contributed by atoms with Crippen LogP contribution in [0, 0.1) is 13.8 Å². The lowest BCUT2D eigenvalue weighted by Gasteiger charge is -2.18. The second-order valence-corrected chi connectivity index (χ2v) is 7.02.